The first-order valence-corrected chi connectivity index (χ1v) is 23.4. The molecule has 0 fully saturated rings. The zero-order valence-electron chi connectivity index (χ0n) is 38.0. The Hall–Kier alpha value is -7.22. The molecule has 0 aliphatic heterocycles. The zero-order valence-corrected chi connectivity index (χ0v) is 38.0. The average molecular weight is 834 g/mol. The van der Waals surface area contributed by atoms with Crippen LogP contribution < -0.4 is 4.90 Å². The highest BCUT2D eigenvalue weighted by Gasteiger charge is 2.50. The number of benzene rings is 9. The van der Waals surface area contributed by atoms with Gasteiger partial charge in [-0.1, -0.05) is 224 Å². The number of fused-ring (bicyclic) bond motifs is 12. The Bertz CT molecular complexity index is 3330. The van der Waals surface area contributed by atoms with Crippen molar-refractivity contribution in [2.24, 2.45) is 0 Å². The lowest BCUT2D eigenvalue weighted by atomic mass is 9.66. The SMILES string of the molecule is CC1(C)c2ccccc2-c2c(N(c3ccccc3)c3c4c(cc5c3-c3ccccc3C5(C)C)C(C)(C)c3ccccc3-4)cc(C3(c4ccccc4)c4ccccc4-c4ccccc43)cc21. The van der Waals surface area contributed by atoms with Crippen molar-refractivity contribution in [2.45, 2.75) is 63.2 Å². The van der Waals surface area contributed by atoms with Crippen molar-refractivity contribution < 1.29 is 0 Å². The molecule has 0 N–H and O–H groups in total. The van der Waals surface area contributed by atoms with Crippen LogP contribution in [0.25, 0.3) is 44.5 Å². The van der Waals surface area contributed by atoms with E-state index in [1.807, 2.05) is 0 Å². The van der Waals surface area contributed by atoms with Crippen molar-refractivity contribution in [3.05, 3.63) is 256 Å². The highest BCUT2D eigenvalue weighted by molar-refractivity contribution is 6.08. The first kappa shape index (κ1) is 38.3. The molecule has 0 radical (unpaired) electrons. The molecule has 0 amide bonds. The number of hydrogen-bond acceptors (Lipinski definition) is 1. The Morgan fingerprint density at radius 2 is 0.662 bits per heavy atom. The van der Waals surface area contributed by atoms with Crippen LogP contribution in [0.4, 0.5) is 17.1 Å². The monoisotopic (exact) mass is 833 g/mol. The maximum absolute atomic E-state index is 2.71. The molecule has 0 spiro atoms. The lowest BCUT2D eigenvalue weighted by molar-refractivity contribution is 0.639. The summed E-state index contributed by atoms with van der Waals surface area (Å²) in [4.78, 5) is 2.71. The van der Waals surface area contributed by atoms with Crippen molar-refractivity contribution in [2.75, 3.05) is 4.90 Å². The molecule has 0 saturated heterocycles. The lowest BCUT2D eigenvalue weighted by Crippen LogP contribution is -2.30. The molecular formula is C64H51N. The maximum Gasteiger partial charge on any atom is 0.0714 e. The van der Waals surface area contributed by atoms with Crippen LogP contribution in [0.15, 0.2) is 200 Å². The van der Waals surface area contributed by atoms with Crippen LogP contribution in [0, 0.1) is 0 Å². The Balaban J connectivity index is 1.25. The highest BCUT2D eigenvalue weighted by Crippen LogP contribution is 2.66. The molecule has 0 atom stereocenters. The summed E-state index contributed by atoms with van der Waals surface area (Å²) < 4.78 is 0. The molecule has 0 saturated carbocycles. The van der Waals surface area contributed by atoms with Gasteiger partial charge in [0.25, 0.3) is 0 Å². The minimum absolute atomic E-state index is 0.212. The molecule has 9 aromatic rings. The molecule has 4 aliphatic carbocycles. The summed E-state index contributed by atoms with van der Waals surface area (Å²) in [7, 11) is 0. The molecular weight excluding hydrogens is 783 g/mol. The Labute approximate surface area is 383 Å². The van der Waals surface area contributed by atoms with Crippen LogP contribution in [-0.2, 0) is 21.7 Å². The maximum atomic E-state index is 2.71. The Morgan fingerprint density at radius 1 is 0.292 bits per heavy atom. The number of anilines is 3. The molecule has 312 valence electrons. The third kappa shape index (κ3) is 4.83. The van der Waals surface area contributed by atoms with Crippen LogP contribution in [-0.4, -0.2) is 0 Å². The molecule has 0 bridgehead atoms. The fourth-order valence-corrected chi connectivity index (χ4v) is 13.1. The third-order valence-corrected chi connectivity index (χ3v) is 16.1. The summed E-state index contributed by atoms with van der Waals surface area (Å²) in [6.07, 6.45) is 0. The minimum atomic E-state index is -0.588. The standard InChI is InChI=1S/C64H51N/c1-61(2)48-32-18-15-29-45(48)57-53(61)37-41(64(40-23-9-7-10-24-40)51-35-21-13-27-43(51)44-28-14-22-36-52(44)64)38-56(57)65(42-25-11-8-12-26-42)60-58-46-30-16-19-33-49(46)62(3,4)54(58)39-55-59(60)47-31-17-20-34-50(47)63(55,5)6/h7-39H,1-6H3. The summed E-state index contributed by atoms with van der Waals surface area (Å²) >= 11 is 0. The van der Waals surface area contributed by atoms with E-state index < -0.39 is 5.41 Å². The molecule has 0 unspecified atom stereocenters. The topological polar surface area (TPSA) is 3.24 Å². The van der Waals surface area contributed by atoms with Gasteiger partial charge in [0.2, 0.25) is 0 Å². The first-order chi connectivity index (χ1) is 31.6. The molecule has 4 aliphatic rings. The molecule has 65 heavy (non-hydrogen) atoms. The van der Waals surface area contributed by atoms with Crippen LogP contribution in [0.5, 0.6) is 0 Å². The zero-order chi connectivity index (χ0) is 44.0. The van der Waals surface area contributed by atoms with E-state index in [1.54, 1.807) is 0 Å². The van der Waals surface area contributed by atoms with E-state index in [4.69, 9.17) is 0 Å². The number of nitrogens with zero attached hydrogens (tertiary/aromatic N) is 1. The van der Waals surface area contributed by atoms with Crippen molar-refractivity contribution in [3.8, 4) is 44.5 Å². The van der Waals surface area contributed by atoms with Crippen molar-refractivity contribution in [1.82, 2.24) is 0 Å². The van der Waals surface area contributed by atoms with Crippen LogP contribution >= 0.6 is 0 Å². The van der Waals surface area contributed by atoms with Crippen molar-refractivity contribution in [1.29, 1.82) is 0 Å². The predicted octanol–water partition coefficient (Wildman–Crippen LogP) is 16.4. The second-order valence-corrected chi connectivity index (χ2v) is 20.4. The van der Waals surface area contributed by atoms with Crippen molar-refractivity contribution in [3.63, 3.8) is 0 Å². The van der Waals surface area contributed by atoms with E-state index in [0.29, 0.717) is 0 Å². The van der Waals surface area contributed by atoms with Gasteiger partial charge in [-0.15, -0.1) is 0 Å². The van der Waals surface area contributed by atoms with E-state index >= 15 is 0 Å². The Kier molecular flexibility index (Phi) is 7.76. The van der Waals surface area contributed by atoms with E-state index in [9.17, 15) is 0 Å². The van der Waals surface area contributed by atoms with Gasteiger partial charge in [-0.05, 0) is 102 Å². The van der Waals surface area contributed by atoms with Gasteiger partial charge in [-0.3, -0.25) is 0 Å². The third-order valence-electron chi connectivity index (χ3n) is 16.1. The highest BCUT2D eigenvalue weighted by atomic mass is 15.2. The largest absolute Gasteiger partial charge is 0.309 e. The lowest BCUT2D eigenvalue weighted by Gasteiger charge is -2.38. The number of para-hydroxylation sites is 1. The second-order valence-electron chi connectivity index (χ2n) is 20.4. The van der Waals surface area contributed by atoms with E-state index in [0.717, 1.165) is 5.69 Å². The van der Waals surface area contributed by atoms with Gasteiger partial charge < -0.3 is 4.90 Å². The molecule has 9 aromatic carbocycles. The quantitative estimate of drug-likeness (QED) is 0.167. The van der Waals surface area contributed by atoms with E-state index in [2.05, 4.69) is 247 Å². The summed E-state index contributed by atoms with van der Waals surface area (Å²) in [5, 5.41) is 0. The predicted molar refractivity (Wildman–Crippen MR) is 271 cm³/mol. The van der Waals surface area contributed by atoms with Gasteiger partial charge in [-0.25, -0.2) is 0 Å². The summed E-state index contributed by atoms with van der Waals surface area (Å²) in [6.45, 7) is 14.6. The fraction of sp³-hybridized carbons (Fsp3) is 0.156. The number of rotatable bonds is 5. The van der Waals surface area contributed by atoms with Crippen LogP contribution in [0.3, 0.4) is 0 Å². The molecule has 1 nitrogen and oxygen atoms in total. The number of hydrogen-bond donors (Lipinski definition) is 0. The van der Waals surface area contributed by atoms with Gasteiger partial charge in [0, 0.05) is 38.6 Å². The second kappa shape index (κ2) is 13.2. The van der Waals surface area contributed by atoms with Gasteiger partial charge in [-0.2, -0.15) is 0 Å². The van der Waals surface area contributed by atoms with Gasteiger partial charge in [0.15, 0.2) is 0 Å². The summed E-state index contributed by atoms with van der Waals surface area (Å²) in [6, 6.07) is 76.3. The minimum Gasteiger partial charge on any atom is -0.309 e. The Morgan fingerprint density at radius 3 is 1.14 bits per heavy atom. The summed E-state index contributed by atoms with van der Waals surface area (Å²) in [5.41, 5.74) is 26.3. The molecule has 0 heterocycles. The normalized spacial score (nSPS) is 16.3. The van der Waals surface area contributed by atoms with Gasteiger partial charge in [0.05, 0.1) is 16.8 Å². The van der Waals surface area contributed by atoms with Gasteiger partial charge in [0.1, 0.15) is 0 Å². The van der Waals surface area contributed by atoms with Crippen molar-refractivity contribution >= 4 is 17.1 Å². The molecule has 13 rings (SSSR count). The summed E-state index contributed by atoms with van der Waals surface area (Å²) in [5.74, 6) is 0. The van der Waals surface area contributed by atoms with Gasteiger partial charge >= 0.3 is 0 Å². The van der Waals surface area contributed by atoms with E-state index in [-0.39, 0.29) is 16.2 Å². The molecule has 0 aromatic heterocycles. The molecule has 1 heteroatoms. The van der Waals surface area contributed by atoms with Crippen LogP contribution in [0.1, 0.15) is 97.2 Å². The smallest absolute Gasteiger partial charge is 0.0714 e. The fourth-order valence-electron chi connectivity index (χ4n) is 13.1. The van der Waals surface area contributed by atoms with E-state index in [1.165, 1.54) is 112 Å². The first-order valence-electron chi connectivity index (χ1n) is 23.4. The average Bonchev–Trinajstić information content (AvgIpc) is 3.94. The van der Waals surface area contributed by atoms with Crippen LogP contribution in [0.2, 0.25) is 0 Å².